The minimum Gasteiger partial charge on any atom is -0.350 e. The Morgan fingerprint density at radius 3 is 3.00 bits per heavy atom. The summed E-state index contributed by atoms with van der Waals surface area (Å²) in [5.74, 6) is 0.243. The molecule has 10 heteroatoms. The van der Waals surface area contributed by atoms with Crippen LogP contribution in [0.2, 0.25) is 0 Å². The minimum atomic E-state index is -3.79. The van der Waals surface area contributed by atoms with Gasteiger partial charge in [-0.3, -0.25) is 4.79 Å². The molecule has 0 saturated heterocycles. The number of nitrogens with two attached hydrogens (primary N) is 1. The second-order valence-electron chi connectivity index (χ2n) is 5.99. The second-order valence-corrected chi connectivity index (χ2v) is 7.65. The molecule has 24 heavy (non-hydrogen) atoms. The van der Waals surface area contributed by atoms with Gasteiger partial charge in [-0.1, -0.05) is 0 Å². The van der Waals surface area contributed by atoms with Crippen LogP contribution < -0.4 is 15.8 Å². The number of amides is 1. The van der Waals surface area contributed by atoms with Gasteiger partial charge in [-0.15, -0.1) is 0 Å². The van der Waals surface area contributed by atoms with Crippen LogP contribution in [0, 0.1) is 5.92 Å². The van der Waals surface area contributed by atoms with E-state index in [1.54, 1.807) is 12.1 Å². The van der Waals surface area contributed by atoms with Crippen LogP contribution in [0.5, 0.6) is 0 Å². The van der Waals surface area contributed by atoms with Crippen LogP contribution >= 0.6 is 0 Å². The first-order valence-corrected chi connectivity index (χ1v) is 9.05. The van der Waals surface area contributed by atoms with E-state index in [4.69, 9.17) is 5.73 Å². The number of benzene rings is 1. The molecule has 9 nitrogen and oxygen atoms in total. The molecule has 4 rings (SSSR count). The first-order chi connectivity index (χ1) is 11.5. The van der Waals surface area contributed by atoms with Crippen molar-refractivity contribution in [3.63, 3.8) is 0 Å². The molecule has 0 radical (unpaired) electrons. The average Bonchev–Trinajstić information content (AvgIpc) is 3.31. The smallest absolute Gasteiger partial charge is 0.266 e. The van der Waals surface area contributed by atoms with E-state index in [0.29, 0.717) is 18.2 Å². The summed E-state index contributed by atoms with van der Waals surface area (Å²) in [7, 11) is -3.79. The molecule has 1 aromatic carbocycles. The molecule has 1 saturated carbocycles. The van der Waals surface area contributed by atoms with E-state index in [0.717, 1.165) is 12.8 Å². The maximum absolute atomic E-state index is 12.3. The molecule has 2 aliphatic rings. The zero-order valence-corrected chi connectivity index (χ0v) is 13.5. The molecule has 0 bridgehead atoms. The van der Waals surface area contributed by atoms with E-state index < -0.39 is 10.0 Å². The number of aromatic nitrogens is 3. The SMILES string of the molecule is NC(CNC(=O)c1ccc2c(c1)S(=O)(=O)Nc1ncnn1-2)C1CC1. The summed E-state index contributed by atoms with van der Waals surface area (Å²) >= 11 is 0. The molecule has 1 aliphatic heterocycles. The highest BCUT2D eigenvalue weighted by Crippen LogP contribution is 2.31. The quantitative estimate of drug-likeness (QED) is 0.704. The lowest BCUT2D eigenvalue weighted by molar-refractivity contribution is 0.0950. The summed E-state index contributed by atoms with van der Waals surface area (Å²) in [5.41, 5.74) is 6.57. The molecule has 4 N–H and O–H groups in total. The Bertz CT molecular complexity index is 918. The first-order valence-electron chi connectivity index (χ1n) is 7.57. The van der Waals surface area contributed by atoms with Crippen molar-refractivity contribution >= 4 is 21.9 Å². The Morgan fingerprint density at radius 1 is 1.46 bits per heavy atom. The topological polar surface area (TPSA) is 132 Å². The van der Waals surface area contributed by atoms with Gasteiger partial charge in [0, 0.05) is 18.2 Å². The molecule has 1 aromatic heterocycles. The zero-order valence-electron chi connectivity index (χ0n) is 12.6. The van der Waals surface area contributed by atoms with Crippen molar-refractivity contribution in [3.05, 3.63) is 30.1 Å². The van der Waals surface area contributed by atoms with Crippen molar-refractivity contribution in [2.24, 2.45) is 11.7 Å². The Labute approximate surface area is 138 Å². The van der Waals surface area contributed by atoms with Crippen LogP contribution in [0.15, 0.2) is 29.4 Å². The van der Waals surface area contributed by atoms with E-state index in [9.17, 15) is 13.2 Å². The Hall–Kier alpha value is -2.46. The maximum atomic E-state index is 12.3. The summed E-state index contributed by atoms with van der Waals surface area (Å²) in [6, 6.07) is 4.38. The lowest BCUT2D eigenvalue weighted by Crippen LogP contribution is -2.38. The molecule has 1 fully saturated rings. The number of hydrogen-bond donors (Lipinski definition) is 3. The Balaban J connectivity index is 1.62. The number of sulfonamides is 1. The van der Waals surface area contributed by atoms with E-state index in [-0.39, 0.29) is 28.4 Å². The highest BCUT2D eigenvalue weighted by atomic mass is 32.2. The zero-order chi connectivity index (χ0) is 16.9. The number of rotatable bonds is 4. The molecule has 2 heterocycles. The van der Waals surface area contributed by atoms with Crippen LogP contribution in [0.1, 0.15) is 23.2 Å². The molecular weight excluding hydrogens is 332 g/mol. The molecule has 126 valence electrons. The third-order valence-electron chi connectivity index (χ3n) is 4.24. The largest absolute Gasteiger partial charge is 0.350 e. The van der Waals surface area contributed by atoms with Gasteiger partial charge in [0.1, 0.15) is 11.2 Å². The summed E-state index contributed by atoms with van der Waals surface area (Å²) in [5, 5.41) is 6.74. The van der Waals surface area contributed by atoms with Gasteiger partial charge in [-0.2, -0.15) is 14.8 Å². The van der Waals surface area contributed by atoms with Crippen molar-refractivity contribution in [2.75, 3.05) is 11.3 Å². The molecular formula is C14H16N6O3S. The number of hydrogen-bond acceptors (Lipinski definition) is 6. The Kier molecular flexibility index (Phi) is 3.32. The first kappa shape index (κ1) is 15.1. The Morgan fingerprint density at radius 2 is 2.25 bits per heavy atom. The molecule has 0 spiro atoms. The number of nitrogens with one attached hydrogen (secondary N) is 2. The van der Waals surface area contributed by atoms with Crippen LogP contribution in [-0.2, 0) is 10.0 Å². The number of anilines is 1. The van der Waals surface area contributed by atoms with Gasteiger partial charge >= 0.3 is 0 Å². The molecule has 1 unspecified atom stereocenters. The van der Waals surface area contributed by atoms with E-state index in [1.807, 2.05) is 0 Å². The summed E-state index contributed by atoms with van der Waals surface area (Å²) < 4.78 is 28.4. The summed E-state index contributed by atoms with van der Waals surface area (Å²) in [6.07, 6.45) is 3.45. The maximum Gasteiger partial charge on any atom is 0.266 e. The molecule has 2 aromatic rings. The van der Waals surface area contributed by atoms with Gasteiger partial charge in [-0.25, -0.2) is 13.1 Å². The van der Waals surface area contributed by atoms with E-state index in [1.165, 1.54) is 17.1 Å². The fourth-order valence-corrected chi connectivity index (χ4v) is 3.91. The van der Waals surface area contributed by atoms with Gasteiger partial charge in [0.25, 0.3) is 15.9 Å². The lowest BCUT2D eigenvalue weighted by Gasteiger charge is -2.19. The predicted octanol–water partition coefficient (Wildman–Crippen LogP) is -0.151. The third-order valence-corrected chi connectivity index (χ3v) is 5.60. The fraction of sp³-hybridized carbons (Fsp3) is 0.357. The van der Waals surface area contributed by atoms with Crippen molar-refractivity contribution < 1.29 is 13.2 Å². The van der Waals surface area contributed by atoms with E-state index in [2.05, 4.69) is 20.1 Å². The monoisotopic (exact) mass is 348 g/mol. The summed E-state index contributed by atoms with van der Waals surface area (Å²) in [6.45, 7) is 0.374. The van der Waals surface area contributed by atoms with E-state index >= 15 is 0 Å². The van der Waals surface area contributed by atoms with Crippen LogP contribution in [0.4, 0.5) is 5.95 Å². The predicted molar refractivity (Wildman–Crippen MR) is 85.2 cm³/mol. The standard InChI is InChI=1S/C14H16N6O3S/c15-10(8-1-2-8)6-16-13(21)9-3-4-11-12(5-9)24(22,23)19-14-17-7-18-20(11)14/h3-5,7-8,10H,1-2,6,15H2,(H,16,21)(H,17,18,19). The van der Waals surface area contributed by atoms with Crippen molar-refractivity contribution in [1.82, 2.24) is 20.1 Å². The molecule has 1 aliphatic carbocycles. The highest BCUT2D eigenvalue weighted by Gasteiger charge is 2.31. The second kappa shape index (κ2) is 5.28. The van der Waals surface area contributed by atoms with Crippen molar-refractivity contribution in [1.29, 1.82) is 0 Å². The van der Waals surface area contributed by atoms with Gasteiger partial charge in [0.2, 0.25) is 5.95 Å². The summed E-state index contributed by atoms with van der Waals surface area (Å²) in [4.78, 5) is 16.1. The molecule has 1 atom stereocenters. The number of carbonyl (C=O) groups is 1. The highest BCUT2D eigenvalue weighted by molar-refractivity contribution is 7.93. The lowest BCUT2D eigenvalue weighted by atomic mass is 10.1. The number of carbonyl (C=O) groups excluding carboxylic acids is 1. The fourth-order valence-electron chi connectivity index (χ4n) is 2.71. The van der Waals surface area contributed by atoms with Crippen LogP contribution in [0.25, 0.3) is 5.69 Å². The third kappa shape index (κ3) is 2.53. The van der Waals surface area contributed by atoms with Crippen molar-refractivity contribution in [3.8, 4) is 5.69 Å². The molecule has 1 amide bonds. The van der Waals surface area contributed by atoms with Crippen LogP contribution in [-0.4, -0.2) is 41.7 Å². The van der Waals surface area contributed by atoms with Gasteiger partial charge in [-0.05, 0) is 37.0 Å². The number of nitrogens with zero attached hydrogens (tertiary/aromatic N) is 3. The minimum absolute atomic E-state index is 0.0142. The average molecular weight is 348 g/mol. The van der Waals surface area contributed by atoms with Crippen LogP contribution in [0.3, 0.4) is 0 Å². The van der Waals surface area contributed by atoms with Crippen molar-refractivity contribution in [2.45, 2.75) is 23.8 Å². The number of fused-ring (bicyclic) bond motifs is 3. The van der Waals surface area contributed by atoms with Gasteiger partial charge in [0.15, 0.2) is 0 Å². The van der Waals surface area contributed by atoms with Gasteiger partial charge in [0.05, 0.1) is 5.69 Å². The van der Waals surface area contributed by atoms with Gasteiger partial charge < -0.3 is 11.1 Å². The normalized spacial score (nSPS) is 18.9.